The average Bonchev–Trinajstić information content (AvgIpc) is 2.87. The van der Waals surface area contributed by atoms with E-state index in [1.54, 1.807) is 14.0 Å². The van der Waals surface area contributed by atoms with E-state index >= 15 is 0 Å². The molecule has 1 atom stereocenters. The number of benzene rings is 1. The molecule has 8 heteroatoms. The molecule has 0 radical (unpaired) electrons. The molecule has 1 aromatic heterocycles. The molecule has 0 bridgehead atoms. The van der Waals surface area contributed by atoms with Gasteiger partial charge in [-0.15, -0.1) is 0 Å². The van der Waals surface area contributed by atoms with Crippen LogP contribution in [0, 0.1) is 11.6 Å². The van der Waals surface area contributed by atoms with Crippen molar-refractivity contribution in [1.29, 1.82) is 0 Å². The van der Waals surface area contributed by atoms with Crippen LogP contribution < -0.4 is 0 Å². The van der Waals surface area contributed by atoms with E-state index in [9.17, 15) is 17.2 Å². The molecule has 0 saturated heterocycles. The first-order chi connectivity index (χ1) is 9.73. The minimum atomic E-state index is -3.75. The maximum atomic E-state index is 13.3. The van der Waals surface area contributed by atoms with Gasteiger partial charge >= 0.3 is 0 Å². The quantitative estimate of drug-likeness (QED) is 0.868. The summed E-state index contributed by atoms with van der Waals surface area (Å²) >= 11 is 0. The van der Waals surface area contributed by atoms with Crippen molar-refractivity contribution in [2.75, 3.05) is 7.05 Å². The summed E-state index contributed by atoms with van der Waals surface area (Å²) in [6.07, 6.45) is 2.62. The first-order valence-electron chi connectivity index (χ1n) is 6.15. The maximum Gasteiger partial charge on any atom is 0.246 e. The number of hydrogen-bond acceptors (Lipinski definition) is 3. The fraction of sp³-hybridized carbons (Fsp3) is 0.308. The molecule has 2 rings (SSSR count). The highest BCUT2D eigenvalue weighted by Gasteiger charge is 2.27. The van der Waals surface area contributed by atoms with Crippen LogP contribution in [0.25, 0.3) is 0 Å². The Kier molecular flexibility index (Phi) is 4.11. The van der Waals surface area contributed by atoms with Gasteiger partial charge in [-0.05, 0) is 24.6 Å². The summed E-state index contributed by atoms with van der Waals surface area (Å²) in [5, 5.41) is 3.82. The van der Waals surface area contributed by atoms with Crippen molar-refractivity contribution in [2.24, 2.45) is 7.05 Å². The van der Waals surface area contributed by atoms with Crippen LogP contribution >= 0.6 is 0 Å². The monoisotopic (exact) mass is 315 g/mol. The molecule has 0 spiro atoms. The van der Waals surface area contributed by atoms with Gasteiger partial charge in [0.1, 0.15) is 4.90 Å². The minimum absolute atomic E-state index is 0.0435. The van der Waals surface area contributed by atoms with Crippen LogP contribution in [-0.4, -0.2) is 29.6 Å². The van der Waals surface area contributed by atoms with Crippen molar-refractivity contribution < 1.29 is 17.2 Å². The summed E-state index contributed by atoms with van der Waals surface area (Å²) in [5.41, 5.74) is 0.365. The third-order valence-corrected chi connectivity index (χ3v) is 5.21. The molecule has 0 amide bonds. The maximum absolute atomic E-state index is 13.3. The summed E-state index contributed by atoms with van der Waals surface area (Å²) in [6.45, 7) is 1.60. The third kappa shape index (κ3) is 2.96. The minimum Gasteiger partial charge on any atom is -0.274 e. The summed E-state index contributed by atoms with van der Waals surface area (Å²) in [5.74, 6) is -1.98. The molecule has 0 aliphatic carbocycles. The molecule has 0 unspecified atom stereocenters. The van der Waals surface area contributed by atoms with Gasteiger partial charge in [0.25, 0.3) is 0 Å². The molecule has 21 heavy (non-hydrogen) atoms. The third-order valence-electron chi connectivity index (χ3n) is 3.33. The Labute approximate surface area is 121 Å². The Morgan fingerprint density at radius 1 is 1.29 bits per heavy atom. The number of hydrogen-bond donors (Lipinski definition) is 0. The predicted octanol–water partition coefficient (Wildman–Crippen LogP) is 2.08. The first-order valence-corrected chi connectivity index (χ1v) is 7.59. The van der Waals surface area contributed by atoms with Gasteiger partial charge in [-0.2, -0.15) is 9.40 Å². The van der Waals surface area contributed by atoms with Crippen molar-refractivity contribution in [2.45, 2.75) is 17.9 Å². The lowest BCUT2D eigenvalue weighted by molar-refractivity contribution is 0.395. The molecular weight excluding hydrogens is 300 g/mol. The van der Waals surface area contributed by atoms with E-state index in [1.807, 2.05) is 0 Å². The normalized spacial score (nSPS) is 13.6. The number of sulfonamides is 1. The molecular formula is C13H15F2N3O2S. The summed E-state index contributed by atoms with van der Waals surface area (Å²) in [7, 11) is -0.763. The van der Waals surface area contributed by atoms with Gasteiger partial charge in [-0.3, -0.25) is 4.68 Å². The number of halogens is 2. The van der Waals surface area contributed by atoms with Crippen LogP contribution in [0.4, 0.5) is 8.78 Å². The number of nitrogens with zero attached hydrogens (tertiary/aromatic N) is 3. The highest BCUT2D eigenvalue weighted by Crippen LogP contribution is 2.26. The van der Waals surface area contributed by atoms with E-state index in [0.29, 0.717) is 5.56 Å². The topological polar surface area (TPSA) is 55.2 Å². The van der Waals surface area contributed by atoms with E-state index in [0.717, 1.165) is 16.4 Å². The highest BCUT2D eigenvalue weighted by molar-refractivity contribution is 7.89. The van der Waals surface area contributed by atoms with E-state index < -0.39 is 27.7 Å². The summed E-state index contributed by atoms with van der Waals surface area (Å²) in [4.78, 5) is 0.0435. The Morgan fingerprint density at radius 2 is 1.95 bits per heavy atom. The Balaban J connectivity index is 2.34. The molecule has 5 nitrogen and oxygen atoms in total. The molecule has 0 aliphatic heterocycles. The van der Waals surface area contributed by atoms with Crippen LogP contribution in [0.15, 0.2) is 35.5 Å². The second-order valence-corrected chi connectivity index (χ2v) is 6.72. The Bertz CT molecular complexity index is 759. The molecule has 114 valence electrons. The van der Waals surface area contributed by atoms with E-state index in [2.05, 4.69) is 5.10 Å². The lowest BCUT2D eigenvalue weighted by Gasteiger charge is -2.24. The fourth-order valence-electron chi connectivity index (χ4n) is 1.89. The molecule has 0 saturated carbocycles. The van der Waals surface area contributed by atoms with Crippen LogP contribution in [0.3, 0.4) is 0 Å². The van der Waals surface area contributed by atoms with E-state index in [-0.39, 0.29) is 4.90 Å². The highest BCUT2D eigenvalue weighted by atomic mass is 32.2. The summed E-state index contributed by atoms with van der Waals surface area (Å²) < 4.78 is 53.5. The van der Waals surface area contributed by atoms with E-state index in [4.69, 9.17) is 0 Å². The van der Waals surface area contributed by atoms with Gasteiger partial charge in [0, 0.05) is 26.3 Å². The molecule has 1 aromatic carbocycles. The van der Waals surface area contributed by atoms with Gasteiger partial charge < -0.3 is 0 Å². The second-order valence-electron chi connectivity index (χ2n) is 4.72. The number of rotatable bonds is 4. The van der Waals surface area contributed by atoms with Crippen LogP contribution in [0.2, 0.25) is 0 Å². The molecule has 2 aromatic rings. The van der Waals surface area contributed by atoms with Gasteiger partial charge in [-0.25, -0.2) is 17.2 Å². The largest absolute Gasteiger partial charge is 0.274 e. The average molecular weight is 315 g/mol. The lowest BCUT2D eigenvalue weighted by atomic mass is 10.1. The van der Waals surface area contributed by atoms with Crippen LogP contribution in [0.1, 0.15) is 18.5 Å². The number of aromatic nitrogens is 2. The SMILES string of the molecule is C[C@@H](c1ccc(F)c(F)c1)N(C)S(=O)(=O)c1cnn(C)c1. The Morgan fingerprint density at radius 3 is 2.48 bits per heavy atom. The first kappa shape index (κ1) is 15.6. The Hall–Kier alpha value is -1.80. The van der Waals surface area contributed by atoms with Crippen molar-refractivity contribution in [3.63, 3.8) is 0 Å². The van der Waals surface area contributed by atoms with Gasteiger partial charge in [0.15, 0.2) is 11.6 Å². The zero-order valence-electron chi connectivity index (χ0n) is 11.8. The zero-order valence-corrected chi connectivity index (χ0v) is 12.6. The van der Waals surface area contributed by atoms with Crippen molar-refractivity contribution in [1.82, 2.24) is 14.1 Å². The molecule has 0 aliphatic rings. The standard InChI is InChI=1S/C13H15F2N3O2S/c1-9(10-4-5-12(14)13(15)6-10)18(3)21(19,20)11-7-16-17(2)8-11/h4-9H,1-3H3/t9-/m0/s1. The smallest absolute Gasteiger partial charge is 0.246 e. The fourth-order valence-corrected chi connectivity index (χ4v) is 3.23. The molecule has 0 fully saturated rings. The van der Waals surface area contributed by atoms with Gasteiger partial charge in [0.2, 0.25) is 10.0 Å². The van der Waals surface area contributed by atoms with Gasteiger partial charge in [0.05, 0.1) is 6.20 Å². The summed E-state index contributed by atoms with van der Waals surface area (Å²) in [6, 6.07) is 2.68. The van der Waals surface area contributed by atoms with Crippen molar-refractivity contribution in [3.05, 3.63) is 47.8 Å². The van der Waals surface area contributed by atoms with Crippen molar-refractivity contribution in [3.8, 4) is 0 Å². The van der Waals surface area contributed by atoms with E-state index in [1.165, 1.54) is 30.2 Å². The van der Waals surface area contributed by atoms with Crippen LogP contribution in [0.5, 0.6) is 0 Å². The molecule has 1 heterocycles. The number of aryl methyl sites for hydroxylation is 1. The lowest BCUT2D eigenvalue weighted by Crippen LogP contribution is -2.29. The second kappa shape index (κ2) is 5.53. The van der Waals surface area contributed by atoms with Crippen LogP contribution in [-0.2, 0) is 17.1 Å². The van der Waals surface area contributed by atoms with Crippen molar-refractivity contribution >= 4 is 10.0 Å². The zero-order chi connectivity index (χ0) is 15.8. The molecule has 0 N–H and O–H groups in total. The van der Waals surface area contributed by atoms with Gasteiger partial charge in [-0.1, -0.05) is 6.07 Å². The predicted molar refractivity (Wildman–Crippen MR) is 72.9 cm³/mol.